The molecule has 5 aromatic rings. The van der Waals surface area contributed by atoms with Crippen molar-refractivity contribution in [2.45, 2.75) is 19.7 Å². The van der Waals surface area contributed by atoms with Crippen LogP contribution in [0.1, 0.15) is 27.0 Å². The van der Waals surface area contributed by atoms with Crippen LogP contribution in [0.15, 0.2) is 121 Å². The smallest absolute Gasteiger partial charge is 0.338 e. The molecule has 0 unspecified atom stereocenters. The van der Waals surface area contributed by atoms with Gasteiger partial charge in [0.1, 0.15) is 12.4 Å². The first-order valence-electron chi connectivity index (χ1n) is 13.4. The predicted octanol–water partition coefficient (Wildman–Crippen LogP) is 7.93. The molecule has 0 saturated heterocycles. The molecule has 0 fully saturated rings. The Morgan fingerprint density at radius 2 is 1.14 bits per heavy atom. The van der Waals surface area contributed by atoms with Gasteiger partial charge in [0.2, 0.25) is 0 Å². The molecular weight excluding hydrogens is 585 g/mol. The second kappa shape index (κ2) is 15.5. The topological polar surface area (TPSA) is 72.9 Å². The molecular formula is C35H29Cl2NO5. The summed E-state index contributed by atoms with van der Waals surface area (Å²) < 4.78 is 11.3. The van der Waals surface area contributed by atoms with Gasteiger partial charge in [-0.1, -0.05) is 91.0 Å². The Kier molecular flexibility index (Phi) is 11.3. The number of methoxy groups -OCH3 is 1. The third kappa shape index (κ3) is 8.92. The fourth-order valence-electron chi connectivity index (χ4n) is 4.54. The second-order valence-corrected chi connectivity index (χ2v) is 10.2. The third-order valence-electron chi connectivity index (χ3n) is 6.55. The van der Waals surface area contributed by atoms with E-state index in [0.29, 0.717) is 12.2 Å². The van der Waals surface area contributed by atoms with Crippen molar-refractivity contribution in [1.29, 1.82) is 0 Å². The monoisotopic (exact) mass is 613 g/mol. The van der Waals surface area contributed by atoms with E-state index < -0.39 is 10.5 Å². The van der Waals surface area contributed by atoms with Crippen molar-refractivity contribution in [2.24, 2.45) is 0 Å². The molecule has 0 aromatic heterocycles. The van der Waals surface area contributed by atoms with Crippen molar-refractivity contribution >= 4 is 56.1 Å². The van der Waals surface area contributed by atoms with Gasteiger partial charge in [0, 0.05) is 24.2 Å². The van der Waals surface area contributed by atoms with E-state index in [-0.39, 0.29) is 5.97 Å². The highest BCUT2D eigenvalue weighted by Gasteiger charge is 2.18. The summed E-state index contributed by atoms with van der Waals surface area (Å²) in [6.07, 6.45) is 0. The van der Waals surface area contributed by atoms with E-state index in [2.05, 4.69) is 76.6 Å². The fraction of sp³-hybridized carbons (Fsp3) is 0.114. The zero-order valence-electron chi connectivity index (χ0n) is 23.4. The molecule has 0 amide bonds. The van der Waals surface area contributed by atoms with Gasteiger partial charge in [-0.2, -0.15) is 0 Å². The molecule has 5 aromatic carbocycles. The van der Waals surface area contributed by atoms with E-state index in [1.165, 1.54) is 18.2 Å². The van der Waals surface area contributed by atoms with Gasteiger partial charge >= 0.3 is 16.5 Å². The molecule has 0 bridgehead atoms. The van der Waals surface area contributed by atoms with E-state index in [1.807, 2.05) is 72.8 Å². The number of fused-ring (bicyclic) bond motifs is 1. The van der Waals surface area contributed by atoms with Crippen LogP contribution in [-0.2, 0) is 34.0 Å². The molecule has 0 N–H and O–H groups in total. The average molecular weight is 615 g/mol. The minimum atomic E-state index is -1.14. The van der Waals surface area contributed by atoms with Crippen LogP contribution < -0.4 is 9.64 Å². The van der Waals surface area contributed by atoms with Crippen molar-refractivity contribution in [2.75, 3.05) is 12.0 Å². The van der Waals surface area contributed by atoms with Gasteiger partial charge in [-0.05, 0) is 75.6 Å². The zero-order valence-corrected chi connectivity index (χ0v) is 24.9. The van der Waals surface area contributed by atoms with Crippen LogP contribution in [0.5, 0.6) is 5.75 Å². The van der Waals surface area contributed by atoms with Crippen LogP contribution in [0.4, 0.5) is 5.69 Å². The highest BCUT2D eigenvalue weighted by atomic mass is 35.5. The van der Waals surface area contributed by atoms with Gasteiger partial charge in [0.05, 0.1) is 12.7 Å². The molecule has 0 aliphatic heterocycles. The summed E-state index contributed by atoms with van der Waals surface area (Å²) in [5.74, 6) is 0.395. The number of carbonyl (C=O) groups is 3. The van der Waals surface area contributed by atoms with Crippen molar-refractivity contribution < 1.29 is 23.9 Å². The van der Waals surface area contributed by atoms with Crippen LogP contribution in [0.2, 0.25) is 0 Å². The number of rotatable bonds is 10. The summed E-state index contributed by atoms with van der Waals surface area (Å²) in [5, 5.41) is -0.504. The molecule has 218 valence electrons. The Balaban J connectivity index is 0.000000641. The lowest BCUT2D eigenvalue weighted by Crippen LogP contribution is -2.22. The molecule has 0 atom stereocenters. The average Bonchev–Trinajstić information content (AvgIpc) is 3.04. The number of ether oxygens (including phenoxy) is 2. The van der Waals surface area contributed by atoms with Gasteiger partial charge in [-0.3, -0.25) is 9.59 Å². The minimum Gasteiger partial charge on any atom is -0.489 e. The molecule has 43 heavy (non-hydrogen) atoms. The Morgan fingerprint density at radius 3 is 1.63 bits per heavy atom. The molecule has 0 spiro atoms. The Labute approximate surface area is 260 Å². The summed E-state index contributed by atoms with van der Waals surface area (Å²) in [4.78, 5) is 33.8. The second-order valence-electron chi connectivity index (χ2n) is 9.48. The molecule has 0 heterocycles. The lowest BCUT2D eigenvalue weighted by molar-refractivity contribution is -0.127. The van der Waals surface area contributed by atoms with Crippen LogP contribution in [0.3, 0.4) is 0 Å². The van der Waals surface area contributed by atoms with Crippen LogP contribution in [0, 0.1) is 0 Å². The summed E-state index contributed by atoms with van der Waals surface area (Å²) in [7, 11) is 1.41. The van der Waals surface area contributed by atoms with Crippen molar-refractivity contribution in [3.05, 3.63) is 144 Å². The van der Waals surface area contributed by atoms with E-state index >= 15 is 0 Å². The first-order valence-corrected chi connectivity index (χ1v) is 14.1. The van der Waals surface area contributed by atoms with E-state index in [9.17, 15) is 14.4 Å². The lowest BCUT2D eigenvalue weighted by Gasteiger charge is -2.27. The van der Waals surface area contributed by atoms with Gasteiger partial charge in [-0.25, -0.2) is 4.79 Å². The molecule has 0 aliphatic carbocycles. The number of carbonyl (C=O) groups excluding carboxylic acids is 3. The van der Waals surface area contributed by atoms with Crippen LogP contribution in [0.25, 0.3) is 10.8 Å². The SMILES string of the molecule is COC(=O)c1ccc(N(Cc2ccccc2)Cc2ccccc2)c2cc(OCc3ccccc3)ccc12.O=C(Cl)C(=O)Cl. The number of esters is 1. The first kappa shape index (κ1) is 31.3. The van der Waals surface area contributed by atoms with E-state index in [4.69, 9.17) is 9.47 Å². The van der Waals surface area contributed by atoms with Gasteiger partial charge in [-0.15, -0.1) is 0 Å². The molecule has 0 radical (unpaired) electrons. The number of benzene rings is 5. The molecule has 5 rings (SSSR count). The number of hydrogen-bond acceptors (Lipinski definition) is 6. The highest BCUT2D eigenvalue weighted by molar-refractivity contribution is 6.97. The highest BCUT2D eigenvalue weighted by Crippen LogP contribution is 2.35. The number of anilines is 1. The summed E-state index contributed by atoms with van der Waals surface area (Å²) >= 11 is 8.98. The lowest BCUT2D eigenvalue weighted by atomic mass is 10.0. The molecule has 8 heteroatoms. The third-order valence-corrected chi connectivity index (χ3v) is 6.99. The molecule has 0 aliphatic rings. The van der Waals surface area contributed by atoms with Crippen molar-refractivity contribution in [3.8, 4) is 5.75 Å². The van der Waals surface area contributed by atoms with E-state index in [0.717, 1.165) is 40.9 Å². The predicted molar refractivity (Wildman–Crippen MR) is 171 cm³/mol. The maximum atomic E-state index is 12.6. The summed E-state index contributed by atoms with van der Waals surface area (Å²) in [6.45, 7) is 1.91. The Hall–Kier alpha value is -4.65. The number of nitrogens with zero attached hydrogens (tertiary/aromatic N) is 1. The van der Waals surface area contributed by atoms with E-state index in [1.54, 1.807) is 0 Å². The van der Waals surface area contributed by atoms with Crippen LogP contribution >= 0.6 is 23.2 Å². The maximum absolute atomic E-state index is 12.6. The zero-order chi connectivity index (χ0) is 30.6. The molecule has 0 saturated carbocycles. The Morgan fingerprint density at radius 1 is 0.628 bits per heavy atom. The normalized spacial score (nSPS) is 10.3. The van der Waals surface area contributed by atoms with Crippen LogP contribution in [-0.4, -0.2) is 23.6 Å². The maximum Gasteiger partial charge on any atom is 0.338 e. The van der Waals surface area contributed by atoms with Crippen molar-refractivity contribution in [3.63, 3.8) is 0 Å². The summed E-state index contributed by atoms with van der Waals surface area (Å²) in [6, 6.07) is 40.7. The van der Waals surface area contributed by atoms with Crippen molar-refractivity contribution in [1.82, 2.24) is 0 Å². The largest absolute Gasteiger partial charge is 0.489 e. The first-order chi connectivity index (χ1) is 20.9. The summed E-state index contributed by atoms with van der Waals surface area (Å²) in [5.41, 5.74) is 5.08. The molecule has 6 nitrogen and oxygen atoms in total. The Bertz CT molecular complexity index is 1630. The van der Waals surface area contributed by atoms with Gasteiger partial charge in [0.15, 0.2) is 0 Å². The van der Waals surface area contributed by atoms with Gasteiger partial charge < -0.3 is 14.4 Å². The minimum absolute atomic E-state index is 0.354. The van der Waals surface area contributed by atoms with Gasteiger partial charge in [0.25, 0.3) is 0 Å². The number of hydrogen-bond donors (Lipinski definition) is 0. The number of halogens is 2. The fourth-order valence-corrected chi connectivity index (χ4v) is 4.54. The quantitative estimate of drug-likeness (QED) is 0.0904. The standard InChI is InChI=1S/C33H29NO3.C2Cl2O2/c1-36-33(35)30-19-20-32(31-21-28(17-18-29(30)31)37-24-27-15-9-4-10-16-27)34(22-25-11-5-2-6-12-25)23-26-13-7-3-8-14-26;3-1(5)2(4)6/h2-21H,22-24H2,1H3;.